The number of hydrogen-bond donors (Lipinski definition) is 1. The van der Waals surface area contributed by atoms with Crippen LogP contribution in [0, 0.1) is 5.41 Å². The van der Waals surface area contributed by atoms with Crippen LogP contribution in [0.15, 0.2) is 24.4 Å². The molecule has 0 radical (unpaired) electrons. The molecule has 3 nitrogen and oxygen atoms in total. The number of nitrogens with one attached hydrogen (secondary N) is 1. The average Bonchev–Trinajstić information content (AvgIpc) is 2.76. The molecule has 3 atom stereocenters. The van der Waals surface area contributed by atoms with Crippen LogP contribution in [-0.2, 0) is 16.6 Å². The molecule has 5 rings (SSSR count). The summed E-state index contributed by atoms with van der Waals surface area (Å²) in [5, 5.41) is 1.38. The summed E-state index contributed by atoms with van der Waals surface area (Å²) in [5.41, 5.74) is 3.91. The lowest BCUT2D eigenvalue weighted by atomic mass is 9.75. The van der Waals surface area contributed by atoms with Crippen LogP contribution in [-0.4, -0.2) is 28.9 Å². The molecule has 1 saturated heterocycles. The van der Waals surface area contributed by atoms with Gasteiger partial charge in [-0.3, -0.25) is 4.79 Å². The first-order valence-corrected chi connectivity index (χ1v) is 6.96. The Hall–Kier alpha value is -1.77. The van der Waals surface area contributed by atoms with E-state index in [1.54, 1.807) is 0 Å². The molecule has 1 aliphatic heterocycles. The van der Waals surface area contributed by atoms with Crippen molar-refractivity contribution in [3.05, 3.63) is 35.5 Å². The quantitative estimate of drug-likeness (QED) is 0.766. The van der Waals surface area contributed by atoms with Crippen LogP contribution in [0.3, 0.4) is 0 Å². The molecule has 3 heteroatoms. The number of hydrogen-bond acceptors (Lipinski definition) is 1. The molecule has 1 aromatic carbocycles. The highest BCUT2D eigenvalue weighted by Crippen LogP contribution is 2.74. The van der Waals surface area contributed by atoms with E-state index in [-0.39, 0.29) is 10.8 Å². The number of aromatic amines is 1. The van der Waals surface area contributed by atoms with Crippen molar-refractivity contribution in [3.63, 3.8) is 0 Å². The van der Waals surface area contributed by atoms with Gasteiger partial charge >= 0.3 is 0 Å². The number of H-pyrrole nitrogens is 1. The number of likely N-dealkylation sites (tertiary alicyclic amines) is 1. The predicted molar refractivity (Wildman–Crippen MR) is 73.0 cm³/mol. The lowest BCUT2D eigenvalue weighted by Crippen LogP contribution is -2.41. The van der Waals surface area contributed by atoms with Gasteiger partial charge in [0.2, 0.25) is 5.91 Å². The van der Waals surface area contributed by atoms with E-state index in [4.69, 9.17) is 0 Å². The van der Waals surface area contributed by atoms with E-state index in [1.165, 1.54) is 22.0 Å². The maximum atomic E-state index is 12.5. The van der Waals surface area contributed by atoms with Crippen LogP contribution in [0.2, 0.25) is 0 Å². The molecule has 1 N–H and O–H groups in total. The zero-order valence-electron chi connectivity index (χ0n) is 11.2. The second-order valence-electron chi connectivity index (χ2n) is 6.66. The third-order valence-corrected chi connectivity index (χ3v) is 6.00. The van der Waals surface area contributed by atoms with Crippen molar-refractivity contribution in [2.75, 3.05) is 7.05 Å². The highest BCUT2D eigenvalue weighted by molar-refractivity contribution is 5.99. The number of rotatable bonds is 0. The normalized spacial score (nSPS) is 38.5. The average molecular weight is 252 g/mol. The van der Waals surface area contributed by atoms with Crippen LogP contribution in [0.4, 0.5) is 0 Å². The molecule has 19 heavy (non-hydrogen) atoms. The summed E-state index contributed by atoms with van der Waals surface area (Å²) >= 11 is 0. The first-order chi connectivity index (χ1) is 9.09. The van der Waals surface area contributed by atoms with Gasteiger partial charge in [-0.1, -0.05) is 12.1 Å². The molecule has 2 aromatic rings. The number of aromatic nitrogens is 1. The number of amides is 1. The van der Waals surface area contributed by atoms with E-state index in [0.29, 0.717) is 11.9 Å². The summed E-state index contributed by atoms with van der Waals surface area (Å²) in [5.74, 6) is 0.337. The number of piperidine rings is 1. The van der Waals surface area contributed by atoms with Crippen LogP contribution in [0.25, 0.3) is 10.9 Å². The van der Waals surface area contributed by atoms with Gasteiger partial charge in [0.15, 0.2) is 0 Å². The molecular weight excluding hydrogens is 236 g/mol. The van der Waals surface area contributed by atoms with Crippen molar-refractivity contribution in [2.45, 2.75) is 31.2 Å². The van der Waals surface area contributed by atoms with E-state index in [0.717, 1.165) is 12.8 Å². The van der Waals surface area contributed by atoms with Gasteiger partial charge in [-0.15, -0.1) is 0 Å². The molecule has 1 amide bonds. The fourth-order valence-electron chi connectivity index (χ4n) is 5.01. The molecule has 1 saturated carbocycles. The fraction of sp³-hybridized carbons (Fsp3) is 0.438. The molecule has 2 aliphatic carbocycles. The van der Waals surface area contributed by atoms with Gasteiger partial charge < -0.3 is 9.88 Å². The van der Waals surface area contributed by atoms with Gasteiger partial charge in [0, 0.05) is 35.6 Å². The zero-order valence-corrected chi connectivity index (χ0v) is 11.2. The molecule has 1 spiro atoms. The lowest BCUT2D eigenvalue weighted by molar-refractivity contribution is -0.133. The molecule has 2 heterocycles. The van der Waals surface area contributed by atoms with Crippen molar-refractivity contribution < 1.29 is 4.79 Å². The summed E-state index contributed by atoms with van der Waals surface area (Å²) in [7, 11) is 1.98. The van der Waals surface area contributed by atoms with Crippen molar-refractivity contribution in [1.29, 1.82) is 0 Å². The topological polar surface area (TPSA) is 36.1 Å². The Bertz CT molecular complexity index is 761. The second-order valence-corrected chi connectivity index (χ2v) is 6.66. The predicted octanol–water partition coefficient (Wildman–Crippen LogP) is 2.21. The number of carbonyl (C=O) groups is 1. The Kier molecular flexibility index (Phi) is 1.37. The van der Waals surface area contributed by atoms with Crippen LogP contribution >= 0.6 is 0 Å². The fourth-order valence-corrected chi connectivity index (χ4v) is 5.01. The molecule has 0 bridgehead atoms. The molecule has 1 aromatic heterocycles. The molecule has 96 valence electrons. The molecule has 2 fully saturated rings. The number of nitrogens with zero attached hydrogens (tertiary/aromatic N) is 1. The molecule has 3 aliphatic rings. The van der Waals surface area contributed by atoms with Crippen molar-refractivity contribution >= 4 is 16.8 Å². The minimum atomic E-state index is -0.157. The van der Waals surface area contributed by atoms with E-state index in [9.17, 15) is 4.79 Å². The maximum Gasteiger partial charge on any atom is 0.229 e. The summed E-state index contributed by atoms with van der Waals surface area (Å²) in [6.07, 6.45) is 4.14. The summed E-state index contributed by atoms with van der Waals surface area (Å²) in [6, 6.07) is 6.85. The monoisotopic (exact) mass is 252 g/mol. The van der Waals surface area contributed by atoms with Gasteiger partial charge in [0.05, 0.1) is 5.41 Å². The Morgan fingerprint density at radius 3 is 3.11 bits per heavy atom. The number of benzene rings is 1. The largest absolute Gasteiger partial charge is 0.361 e. The summed E-state index contributed by atoms with van der Waals surface area (Å²) in [4.78, 5) is 17.9. The molecule has 0 unspecified atom stereocenters. The standard InChI is InChI=1S/C16H16N2O/c1-15-8-16(15)10-4-3-5-11-13(10)9(7-17-11)6-12(16)18(2)14(15)19/h3-5,7,12,17H,6,8H2,1-2H3/t12-,15+,16+/m0/s1. The first kappa shape index (κ1) is 10.1. The number of carbonyl (C=O) groups excluding carboxylic acids is 1. The lowest BCUT2D eigenvalue weighted by Gasteiger charge is -2.33. The van der Waals surface area contributed by atoms with Crippen molar-refractivity contribution in [2.24, 2.45) is 5.41 Å². The Morgan fingerprint density at radius 1 is 1.42 bits per heavy atom. The first-order valence-electron chi connectivity index (χ1n) is 6.96. The van der Waals surface area contributed by atoms with Gasteiger partial charge in [-0.05, 0) is 37.0 Å². The Morgan fingerprint density at radius 2 is 2.26 bits per heavy atom. The van der Waals surface area contributed by atoms with Crippen LogP contribution < -0.4 is 0 Å². The molecular formula is C16H16N2O. The highest BCUT2D eigenvalue weighted by Gasteiger charge is 2.79. The van der Waals surface area contributed by atoms with E-state index < -0.39 is 0 Å². The second kappa shape index (κ2) is 2.58. The SMILES string of the molecule is CN1C(=O)[C@@]2(C)C[C@]23c2cccc4[nH]cc(c24)C[C@H]13. The minimum absolute atomic E-state index is 0.0769. The zero-order chi connectivity index (χ0) is 13.0. The van der Waals surface area contributed by atoms with E-state index in [1.807, 2.05) is 11.9 Å². The Labute approximate surface area is 111 Å². The smallest absolute Gasteiger partial charge is 0.229 e. The third kappa shape index (κ3) is 0.797. The summed E-state index contributed by atoms with van der Waals surface area (Å²) < 4.78 is 0. The van der Waals surface area contributed by atoms with Gasteiger partial charge in [-0.25, -0.2) is 0 Å². The van der Waals surface area contributed by atoms with Crippen LogP contribution in [0.5, 0.6) is 0 Å². The minimum Gasteiger partial charge on any atom is -0.361 e. The van der Waals surface area contributed by atoms with Crippen molar-refractivity contribution in [1.82, 2.24) is 9.88 Å². The Balaban J connectivity index is 1.90. The third-order valence-electron chi connectivity index (χ3n) is 6.00. The number of likely N-dealkylation sites (N-methyl/N-ethyl adjacent to an activating group) is 1. The van der Waals surface area contributed by atoms with Gasteiger partial charge in [0.1, 0.15) is 0 Å². The van der Waals surface area contributed by atoms with E-state index >= 15 is 0 Å². The maximum absolute atomic E-state index is 12.5. The van der Waals surface area contributed by atoms with Gasteiger partial charge in [-0.2, -0.15) is 0 Å². The van der Waals surface area contributed by atoms with E-state index in [2.05, 4.69) is 36.3 Å². The highest BCUT2D eigenvalue weighted by atomic mass is 16.2. The van der Waals surface area contributed by atoms with Gasteiger partial charge in [0.25, 0.3) is 0 Å². The summed E-state index contributed by atoms with van der Waals surface area (Å²) in [6.45, 7) is 2.16. The van der Waals surface area contributed by atoms with Crippen LogP contribution in [0.1, 0.15) is 24.5 Å². The van der Waals surface area contributed by atoms with Crippen molar-refractivity contribution in [3.8, 4) is 0 Å².